The van der Waals surface area contributed by atoms with Gasteiger partial charge in [0.2, 0.25) is 11.7 Å². The van der Waals surface area contributed by atoms with Crippen LogP contribution in [0.25, 0.3) is 11.4 Å². The van der Waals surface area contributed by atoms with Crippen molar-refractivity contribution in [3.63, 3.8) is 0 Å². The van der Waals surface area contributed by atoms with E-state index in [4.69, 9.17) is 0 Å². The molecule has 1 aliphatic carbocycles. The number of carbonyl (C=O) groups excluding carboxylic acids is 1. The van der Waals surface area contributed by atoms with Gasteiger partial charge in [0, 0.05) is 17.6 Å². The van der Waals surface area contributed by atoms with Gasteiger partial charge in [-0.15, -0.1) is 10.2 Å². The van der Waals surface area contributed by atoms with Gasteiger partial charge in [-0.05, 0) is 36.5 Å². The first kappa shape index (κ1) is 18.1. The summed E-state index contributed by atoms with van der Waals surface area (Å²) in [7, 11) is -3.03. The number of carbonyl (C=O) groups is 1. The third kappa shape index (κ3) is 4.02. The number of nitrogens with zero attached hydrogens (tertiary/aromatic N) is 5. The first-order valence-corrected chi connectivity index (χ1v) is 11.2. The second-order valence-corrected chi connectivity index (χ2v) is 9.51. The summed E-state index contributed by atoms with van der Waals surface area (Å²) in [6.07, 6.45) is 3.34. The number of rotatable bonds is 6. The lowest BCUT2D eigenvalue weighted by atomic mass is 10.1. The number of hydrogen-bond acceptors (Lipinski definition) is 6. The summed E-state index contributed by atoms with van der Waals surface area (Å²) in [5.74, 6) is 0.569. The van der Waals surface area contributed by atoms with Crippen molar-refractivity contribution < 1.29 is 13.2 Å². The highest BCUT2D eigenvalue weighted by Crippen LogP contribution is 2.32. The zero-order valence-electron chi connectivity index (χ0n) is 15.3. The predicted octanol–water partition coefficient (Wildman–Crippen LogP) is 1.08. The smallest absolute Gasteiger partial charge is 0.246 e. The lowest BCUT2D eigenvalue weighted by Crippen LogP contribution is -2.44. The van der Waals surface area contributed by atoms with Gasteiger partial charge in [0.15, 0.2) is 9.84 Å². The van der Waals surface area contributed by atoms with Crippen molar-refractivity contribution in [1.29, 1.82) is 0 Å². The fourth-order valence-electron chi connectivity index (χ4n) is 3.57. The molecular formula is C18H23N5O3S. The average Bonchev–Trinajstić information content (AvgIpc) is 3.25. The van der Waals surface area contributed by atoms with Crippen molar-refractivity contribution in [2.75, 3.05) is 11.5 Å². The number of amides is 1. The topological polar surface area (TPSA) is 98.0 Å². The van der Waals surface area contributed by atoms with E-state index in [1.165, 1.54) is 10.4 Å². The molecule has 2 heterocycles. The Labute approximate surface area is 158 Å². The largest absolute Gasteiger partial charge is 0.334 e. The third-order valence-electron chi connectivity index (χ3n) is 5.18. The van der Waals surface area contributed by atoms with E-state index in [-0.39, 0.29) is 36.0 Å². The van der Waals surface area contributed by atoms with Gasteiger partial charge in [0.05, 0.1) is 11.5 Å². The highest BCUT2D eigenvalue weighted by atomic mass is 32.2. The van der Waals surface area contributed by atoms with Gasteiger partial charge < -0.3 is 4.90 Å². The molecule has 0 unspecified atom stereocenters. The monoisotopic (exact) mass is 389 g/mol. The molecule has 0 bridgehead atoms. The molecule has 1 atom stereocenters. The van der Waals surface area contributed by atoms with Crippen LogP contribution in [0, 0.1) is 0 Å². The average molecular weight is 389 g/mol. The summed E-state index contributed by atoms with van der Waals surface area (Å²) < 4.78 is 23.6. The van der Waals surface area contributed by atoms with Gasteiger partial charge in [0.1, 0.15) is 6.54 Å². The number of sulfone groups is 1. The third-order valence-corrected chi connectivity index (χ3v) is 6.93. The van der Waals surface area contributed by atoms with E-state index in [0.717, 1.165) is 24.8 Å². The Balaban J connectivity index is 1.46. The predicted molar refractivity (Wildman–Crippen MR) is 99.6 cm³/mol. The molecule has 1 aliphatic heterocycles. The summed E-state index contributed by atoms with van der Waals surface area (Å²) in [5, 5.41) is 12.4. The van der Waals surface area contributed by atoms with Crippen molar-refractivity contribution in [1.82, 2.24) is 25.1 Å². The molecule has 9 heteroatoms. The van der Waals surface area contributed by atoms with E-state index < -0.39 is 9.84 Å². The molecule has 1 saturated carbocycles. The standard InChI is InChI=1S/C18H23N5O3S/c1-2-13-3-5-14(6-4-13)18-19-21-22(20-18)11-17(24)23(15-7-8-15)16-9-10-27(25,26)12-16/h3-6,15-16H,2,7-12H2,1H3/t16-/m1/s1. The second-order valence-electron chi connectivity index (χ2n) is 7.28. The quantitative estimate of drug-likeness (QED) is 0.733. The maximum absolute atomic E-state index is 12.8. The molecule has 1 saturated heterocycles. The van der Waals surface area contributed by atoms with E-state index in [2.05, 4.69) is 22.3 Å². The number of tetrazole rings is 1. The van der Waals surface area contributed by atoms with Gasteiger partial charge in [-0.3, -0.25) is 4.79 Å². The molecule has 144 valence electrons. The molecule has 1 amide bonds. The SMILES string of the molecule is CCc1ccc(-c2nnn(CC(=O)N(C3CC3)[C@@H]3CCS(=O)(=O)C3)n2)cc1. The fourth-order valence-corrected chi connectivity index (χ4v) is 5.28. The van der Waals surface area contributed by atoms with E-state index in [1.54, 1.807) is 4.90 Å². The summed E-state index contributed by atoms with van der Waals surface area (Å²) >= 11 is 0. The van der Waals surface area contributed by atoms with E-state index >= 15 is 0 Å². The molecule has 27 heavy (non-hydrogen) atoms. The van der Waals surface area contributed by atoms with Crippen molar-refractivity contribution in [2.24, 2.45) is 0 Å². The molecule has 0 N–H and O–H groups in total. The second kappa shape index (κ2) is 7.03. The molecular weight excluding hydrogens is 366 g/mol. The van der Waals surface area contributed by atoms with Gasteiger partial charge >= 0.3 is 0 Å². The molecule has 0 spiro atoms. The van der Waals surface area contributed by atoms with Crippen molar-refractivity contribution in [3.05, 3.63) is 29.8 Å². The summed E-state index contributed by atoms with van der Waals surface area (Å²) in [5.41, 5.74) is 2.08. The summed E-state index contributed by atoms with van der Waals surface area (Å²) in [4.78, 5) is 15.9. The molecule has 8 nitrogen and oxygen atoms in total. The first-order valence-electron chi connectivity index (χ1n) is 9.34. The van der Waals surface area contributed by atoms with Crippen LogP contribution in [0.1, 0.15) is 31.7 Å². The minimum Gasteiger partial charge on any atom is -0.334 e. The van der Waals surface area contributed by atoms with Crippen LogP contribution in [0.2, 0.25) is 0 Å². The molecule has 1 aromatic carbocycles. The Kier molecular flexibility index (Phi) is 4.71. The Morgan fingerprint density at radius 3 is 2.52 bits per heavy atom. The Hall–Kier alpha value is -2.29. The summed E-state index contributed by atoms with van der Waals surface area (Å²) in [6.45, 7) is 2.07. The Bertz CT molecular complexity index is 934. The van der Waals surface area contributed by atoms with Gasteiger partial charge in [-0.25, -0.2) is 8.42 Å². The van der Waals surface area contributed by atoms with Crippen LogP contribution in [0.5, 0.6) is 0 Å². The van der Waals surface area contributed by atoms with E-state index in [1.807, 2.05) is 24.3 Å². The van der Waals surface area contributed by atoms with Gasteiger partial charge in [0.25, 0.3) is 0 Å². The van der Waals surface area contributed by atoms with Crippen LogP contribution in [-0.4, -0.2) is 63.0 Å². The normalized spacial score (nSPS) is 21.3. The minimum atomic E-state index is -3.03. The van der Waals surface area contributed by atoms with Crippen LogP contribution in [-0.2, 0) is 27.6 Å². The van der Waals surface area contributed by atoms with Crippen LogP contribution in [0.4, 0.5) is 0 Å². The van der Waals surface area contributed by atoms with Crippen LogP contribution < -0.4 is 0 Å². The zero-order chi connectivity index (χ0) is 19.0. The van der Waals surface area contributed by atoms with Gasteiger partial charge in [-0.1, -0.05) is 31.2 Å². The number of aryl methyl sites for hydroxylation is 1. The van der Waals surface area contributed by atoms with Crippen LogP contribution in [0.3, 0.4) is 0 Å². The lowest BCUT2D eigenvalue weighted by molar-refractivity contribution is -0.134. The van der Waals surface area contributed by atoms with Crippen LogP contribution >= 0.6 is 0 Å². The molecule has 4 rings (SSSR count). The molecule has 2 fully saturated rings. The maximum Gasteiger partial charge on any atom is 0.246 e. The van der Waals surface area contributed by atoms with Crippen LogP contribution in [0.15, 0.2) is 24.3 Å². The Morgan fingerprint density at radius 1 is 1.19 bits per heavy atom. The van der Waals surface area contributed by atoms with E-state index in [0.29, 0.717) is 12.2 Å². The first-order chi connectivity index (χ1) is 12.9. The lowest BCUT2D eigenvalue weighted by Gasteiger charge is -2.28. The summed E-state index contributed by atoms with van der Waals surface area (Å²) in [6, 6.07) is 7.87. The van der Waals surface area contributed by atoms with Crippen molar-refractivity contribution in [2.45, 2.75) is 51.2 Å². The maximum atomic E-state index is 12.8. The zero-order valence-corrected chi connectivity index (χ0v) is 16.1. The van der Waals surface area contributed by atoms with Crippen molar-refractivity contribution in [3.8, 4) is 11.4 Å². The molecule has 1 aromatic heterocycles. The molecule has 2 aromatic rings. The number of benzene rings is 1. The molecule has 0 radical (unpaired) electrons. The molecule has 2 aliphatic rings. The van der Waals surface area contributed by atoms with Gasteiger partial charge in [-0.2, -0.15) is 4.80 Å². The highest BCUT2D eigenvalue weighted by molar-refractivity contribution is 7.91. The minimum absolute atomic E-state index is 0.0207. The number of aromatic nitrogens is 4. The number of hydrogen-bond donors (Lipinski definition) is 0. The van der Waals surface area contributed by atoms with Crippen molar-refractivity contribution >= 4 is 15.7 Å². The Morgan fingerprint density at radius 2 is 1.93 bits per heavy atom. The highest BCUT2D eigenvalue weighted by Gasteiger charge is 2.42. The van der Waals surface area contributed by atoms with E-state index in [9.17, 15) is 13.2 Å². The fraction of sp³-hybridized carbons (Fsp3) is 0.556.